The topological polar surface area (TPSA) is 111 Å². The van der Waals surface area contributed by atoms with Gasteiger partial charge in [0.15, 0.2) is 9.84 Å². The zero-order chi connectivity index (χ0) is 21.6. The van der Waals surface area contributed by atoms with Gasteiger partial charge >= 0.3 is 6.01 Å². The molecule has 3 aromatic rings. The van der Waals surface area contributed by atoms with Crippen molar-refractivity contribution in [2.24, 2.45) is 0 Å². The van der Waals surface area contributed by atoms with Crippen molar-refractivity contribution in [1.29, 1.82) is 0 Å². The highest BCUT2D eigenvalue weighted by molar-refractivity contribution is 7.91. The number of aromatic nitrogens is 2. The molecule has 0 saturated carbocycles. The minimum Gasteiger partial charge on any atom is -0.497 e. The number of anilines is 1. The van der Waals surface area contributed by atoms with E-state index in [-0.39, 0.29) is 35.4 Å². The fourth-order valence-corrected chi connectivity index (χ4v) is 4.07. The smallest absolute Gasteiger partial charge is 0.322 e. The standard InChI is InChI=1S/C21H23N3O5S/c1-15-5-11-18(12-6-15)30(26,27)13-3-4-19(25)22-21-24-23-20(29-21)14-16-7-9-17(28-2)10-8-16/h5-12H,3-4,13-14H2,1-2H3,(H,22,24,25). The van der Waals surface area contributed by atoms with Gasteiger partial charge in [0, 0.05) is 6.42 Å². The molecule has 0 saturated heterocycles. The molecule has 1 amide bonds. The summed E-state index contributed by atoms with van der Waals surface area (Å²) in [4.78, 5) is 12.3. The van der Waals surface area contributed by atoms with Gasteiger partial charge in [-0.25, -0.2) is 8.42 Å². The Morgan fingerprint density at radius 1 is 1.07 bits per heavy atom. The number of amides is 1. The SMILES string of the molecule is COc1ccc(Cc2nnc(NC(=O)CCCS(=O)(=O)c3ccc(C)cc3)o2)cc1. The monoisotopic (exact) mass is 429 g/mol. The number of rotatable bonds is 9. The molecule has 0 atom stereocenters. The Balaban J connectivity index is 1.47. The molecule has 0 spiro atoms. The summed E-state index contributed by atoms with van der Waals surface area (Å²) < 4.78 is 35.2. The summed E-state index contributed by atoms with van der Waals surface area (Å²) in [6.07, 6.45) is 0.637. The number of methoxy groups -OCH3 is 1. The van der Waals surface area contributed by atoms with Gasteiger partial charge in [0.05, 0.1) is 24.2 Å². The number of carbonyl (C=O) groups is 1. The van der Waals surface area contributed by atoms with Crippen LogP contribution in [0.25, 0.3) is 0 Å². The third-order valence-corrected chi connectivity index (χ3v) is 6.24. The number of nitrogens with one attached hydrogen (secondary N) is 1. The van der Waals surface area contributed by atoms with Gasteiger partial charge < -0.3 is 9.15 Å². The van der Waals surface area contributed by atoms with E-state index in [9.17, 15) is 13.2 Å². The van der Waals surface area contributed by atoms with E-state index in [4.69, 9.17) is 9.15 Å². The third-order valence-electron chi connectivity index (χ3n) is 4.42. The van der Waals surface area contributed by atoms with Crippen molar-refractivity contribution in [3.8, 4) is 5.75 Å². The number of carbonyl (C=O) groups excluding carboxylic acids is 1. The molecule has 0 aliphatic heterocycles. The van der Waals surface area contributed by atoms with Gasteiger partial charge in [-0.05, 0) is 43.2 Å². The lowest BCUT2D eigenvalue weighted by molar-refractivity contribution is -0.116. The maximum Gasteiger partial charge on any atom is 0.322 e. The minimum atomic E-state index is -3.42. The third kappa shape index (κ3) is 5.90. The van der Waals surface area contributed by atoms with Crippen LogP contribution in [0, 0.1) is 6.92 Å². The van der Waals surface area contributed by atoms with E-state index in [1.807, 2.05) is 31.2 Å². The fourth-order valence-electron chi connectivity index (χ4n) is 2.76. The Morgan fingerprint density at radius 3 is 2.43 bits per heavy atom. The Bertz CT molecular complexity index is 1090. The lowest BCUT2D eigenvalue weighted by Crippen LogP contribution is -2.14. The van der Waals surface area contributed by atoms with Gasteiger partial charge in [0.1, 0.15) is 5.75 Å². The maximum atomic E-state index is 12.3. The van der Waals surface area contributed by atoms with Gasteiger partial charge in [-0.3, -0.25) is 10.1 Å². The van der Waals surface area contributed by atoms with Crippen molar-refractivity contribution in [1.82, 2.24) is 10.2 Å². The second-order valence-corrected chi connectivity index (χ2v) is 8.92. The number of aryl methyl sites for hydroxylation is 1. The van der Waals surface area contributed by atoms with Crippen molar-refractivity contribution in [2.45, 2.75) is 31.1 Å². The second kappa shape index (κ2) is 9.53. The van der Waals surface area contributed by atoms with Crippen molar-refractivity contribution in [3.63, 3.8) is 0 Å². The zero-order valence-corrected chi connectivity index (χ0v) is 17.6. The molecule has 2 aromatic carbocycles. The molecule has 0 fully saturated rings. The molecular formula is C21H23N3O5S. The average molecular weight is 429 g/mol. The van der Waals surface area contributed by atoms with Crippen LogP contribution in [0.4, 0.5) is 6.01 Å². The van der Waals surface area contributed by atoms with Crippen LogP contribution in [0.1, 0.15) is 29.9 Å². The maximum absolute atomic E-state index is 12.3. The molecule has 3 rings (SSSR count). The zero-order valence-electron chi connectivity index (χ0n) is 16.8. The molecule has 1 heterocycles. The number of nitrogens with zero attached hydrogens (tertiary/aromatic N) is 2. The number of benzene rings is 2. The Kier molecular flexibility index (Phi) is 6.83. The molecule has 0 aliphatic rings. The van der Waals surface area contributed by atoms with Crippen LogP contribution >= 0.6 is 0 Å². The summed E-state index contributed by atoms with van der Waals surface area (Å²) >= 11 is 0. The Hall–Kier alpha value is -3.20. The largest absolute Gasteiger partial charge is 0.497 e. The molecule has 0 bridgehead atoms. The second-order valence-electron chi connectivity index (χ2n) is 6.81. The highest BCUT2D eigenvalue weighted by Crippen LogP contribution is 2.16. The minimum absolute atomic E-state index is 0.00935. The van der Waals surface area contributed by atoms with E-state index < -0.39 is 9.84 Å². The average Bonchev–Trinajstić information content (AvgIpc) is 3.15. The summed E-state index contributed by atoms with van der Waals surface area (Å²) in [7, 11) is -1.82. The number of hydrogen-bond acceptors (Lipinski definition) is 7. The normalized spacial score (nSPS) is 11.3. The molecule has 30 heavy (non-hydrogen) atoms. The molecule has 1 N–H and O–H groups in total. The van der Waals surface area contributed by atoms with Gasteiger partial charge in [0.2, 0.25) is 11.8 Å². The van der Waals surface area contributed by atoms with Crippen LogP contribution in [-0.2, 0) is 21.1 Å². The fraction of sp³-hybridized carbons (Fsp3) is 0.286. The molecular weight excluding hydrogens is 406 g/mol. The summed E-state index contributed by atoms with van der Waals surface area (Å²) in [5.74, 6) is 0.614. The number of ether oxygens (including phenoxy) is 1. The van der Waals surface area contributed by atoms with Crippen LogP contribution < -0.4 is 10.1 Å². The Morgan fingerprint density at radius 2 is 1.77 bits per heavy atom. The van der Waals surface area contributed by atoms with Crippen LogP contribution in [0.2, 0.25) is 0 Å². The van der Waals surface area contributed by atoms with E-state index in [0.29, 0.717) is 12.3 Å². The van der Waals surface area contributed by atoms with Gasteiger partial charge in [-0.2, -0.15) is 0 Å². The molecule has 158 valence electrons. The highest BCUT2D eigenvalue weighted by Gasteiger charge is 2.16. The molecule has 0 radical (unpaired) electrons. The van der Waals surface area contributed by atoms with E-state index in [1.54, 1.807) is 31.4 Å². The Labute approximate surface area is 175 Å². The van der Waals surface area contributed by atoms with E-state index >= 15 is 0 Å². The molecule has 1 aromatic heterocycles. The van der Waals surface area contributed by atoms with Gasteiger partial charge in [0.25, 0.3) is 0 Å². The lowest BCUT2D eigenvalue weighted by atomic mass is 10.1. The van der Waals surface area contributed by atoms with Crippen LogP contribution in [-0.4, -0.2) is 37.4 Å². The van der Waals surface area contributed by atoms with Crippen molar-refractivity contribution >= 4 is 21.8 Å². The first-order chi connectivity index (χ1) is 14.4. The van der Waals surface area contributed by atoms with Crippen molar-refractivity contribution in [2.75, 3.05) is 18.2 Å². The van der Waals surface area contributed by atoms with E-state index in [1.165, 1.54) is 0 Å². The number of sulfone groups is 1. The molecule has 0 unspecified atom stereocenters. The summed E-state index contributed by atoms with van der Waals surface area (Å²) in [5.41, 5.74) is 1.94. The van der Waals surface area contributed by atoms with Crippen molar-refractivity contribution in [3.05, 3.63) is 65.5 Å². The predicted octanol–water partition coefficient (Wildman–Crippen LogP) is 3.17. The first kappa shape index (κ1) is 21.5. The van der Waals surface area contributed by atoms with E-state index in [0.717, 1.165) is 16.9 Å². The first-order valence-corrected chi connectivity index (χ1v) is 11.1. The number of hydrogen-bond donors (Lipinski definition) is 1. The highest BCUT2D eigenvalue weighted by atomic mass is 32.2. The van der Waals surface area contributed by atoms with E-state index in [2.05, 4.69) is 15.5 Å². The summed E-state index contributed by atoms with van der Waals surface area (Å²) in [6, 6.07) is 14.1. The molecule has 0 aliphatic carbocycles. The quantitative estimate of drug-likeness (QED) is 0.556. The van der Waals surface area contributed by atoms with Gasteiger partial charge in [-0.1, -0.05) is 34.9 Å². The van der Waals surface area contributed by atoms with Crippen LogP contribution in [0.5, 0.6) is 5.75 Å². The van der Waals surface area contributed by atoms with Crippen molar-refractivity contribution < 1.29 is 22.4 Å². The lowest BCUT2D eigenvalue weighted by Gasteiger charge is -2.05. The summed E-state index contributed by atoms with van der Waals surface area (Å²) in [6.45, 7) is 1.89. The molecule has 9 heteroatoms. The van der Waals surface area contributed by atoms with Gasteiger partial charge in [-0.15, -0.1) is 5.10 Å². The summed E-state index contributed by atoms with van der Waals surface area (Å²) in [5, 5.41) is 10.2. The van der Waals surface area contributed by atoms with Crippen LogP contribution in [0.15, 0.2) is 57.8 Å². The first-order valence-electron chi connectivity index (χ1n) is 9.40. The predicted molar refractivity (Wildman–Crippen MR) is 111 cm³/mol. The molecule has 8 nitrogen and oxygen atoms in total. The van der Waals surface area contributed by atoms with Crippen LogP contribution in [0.3, 0.4) is 0 Å².